The van der Waals surface area contributed by atoms with E-state index in [4.69, 9.17) is 4.74 Å². The first-order valence-corrected chi connectivity index (χ1v) is 10.9. The van der Waals surface area contributed by atoms with Crippen LogP contribution in [0.4, 0.5) is 13.2 Å². The first-order valence-electron chi connectivity index (χ1n) is 9.77. The molecule has 0 aromatic heterocycles. The summed E-state index contributed by atoms with van der Waals surface area (Å²) in [5.41, 5.74) is 0.422. The van der Waals surface area contributed by atoms with Crippen molar-refractivity contribution in [1.82, 2.24) is 0 Å². The third-order valence-electron chi connectivity index (χ3n) is 5.59. The zero-order chi connectivity index (χ0) is 19.4. The van der Waals surface area contributed by atoms with E-state index in [9.17, 15) is 13.2 Å². The number of rotatable bonds is 6. The Hall–Kier alpha value is -1.23. The maximum absolute atomic E-state index is 13.9. The van der Waals surface area contributed by atoms with Gasteiger partial charge in [0, 0.05) is 5.33 Å². The summed E-state index contributed by atoms with van der Waals surface area (Å²) in [6, 6.07) is 8.53. The standard InChI is InChI=1S/C22H26BrF3O/c1-2-15-5-9-18(10-6-15)27-20-12-8-17-14-16(4-3-13-23)7-11-19(17)21(20)22(24,25)26/h7-8,11-12,14-15,18H,2-6,9-10,13H2,1H3/t15-,18+. The third kappa shape index (κ3) is 4.98. The molecule has 1 fully saturated rings. The summed E-state index contributed by atoms with van der Waals surface area (Å²) in [5.74, 6) is 0.657. The second kappa shape index (κ2) is 8.85. The highest BCUT2D eigenvalue weighted by Gasteiger charge is 2.37. The van der Waals surface area contributed by atoms with Gasteiger partial charge in [-0.05, 0) is 66.8 Å². The minimum Gasteiger partial charge on any atom is -0.490 e. The van der Waals surface area contributed by atoms with Gasteiger partial charge in [0.15, 0.2) is 0 Å². The fourth-order valence-corrected chi connectivity index (χ4v) is 4.29. The van der Waals surface area contributed by atoms with Crippen molar-refractivity contribution >= 4 is 26.7 Å². The molecule has 0 spiro atoms. The topological polar surface area (TPSA) is 9.23 Å². The van der Waals surface area contributed by atoms with Crippen LogP contribution in [0.1, 0.15) is 56.6 Å². The van der Waals surface area contributed by atoms with E-state index in [1.807, 2.05) is 6.07 Å². The van der Waals surface area contributed by atoms with Crippen LogP contribution < -0.4 is 4.74 Å². The van der Waals surface area contributed by atoms with Crippen LogP contribution in [-0.2, 0) is 12.6 Å². The molecule has 1 aliphatic carbocycles. The average molecular weight is 443 g/mol. The number of hydrogen-bond acceptors (Lipinski definition) is 1. The molecule has 0 bridgehead atoms. The number of alkyl halides is 4. The van der Waals surface area contributed by atoms with Crippen molar-refractivity contribution in [1.29, 1.82) is 0 Å². The van der Waals surface area contributed by atoms with Crippen molar-refractivity contribution in [2.75, 3.05) is 5.33 Å². The summed E-state index contributed by atoms with van der Waals surface area (Å²) in [5, 5.41) is 1.73. The Labute approximate surface area is 167 Å². The van der Waals surface area contributed by atoms with Gasteiger partial charge < -0.3 is 4.74 Å². The zero-order valence-electron chi connectivity index (χ0n) is 15.6. The molecule has 1 aliphatic rings. The molecule has 148 valence electrons. The molecule has 2 aromatic carbocycles. The van der Waals surface area contributed by atoms with E-state index in [-0.39, 0.29) is 17.2 Å². The van der Waals surface area contributed by atoms with Crippen LogP contribution in [0, 0.1) is 5.92 Å². The summed E-state index contributed by atoms with van der Waals surface area (Å²) in [6.45, 7) is 2.17. The Kier molecular flexibility index (Phi) is 6.72. The second-order valence-electron chi connectivity index (χ2n) is 7.45. The van der Waals surface area contributed by atoms with Crippen molar-refractivity contribution in [2.24, 2.45) is 5.92 Å². The fraction of sp³-hybridized carbons (Fsp3) is 0.545. The fourth-order valence-electron chi connectivity index (χ4n) is 4.01. The van der Waals surface area contributed by atoms with Gasteiger partial charge in [0.2, 0.25) is 0 Å². The summed E-state index contributed by atoms with van der Waals surface area (Å²) in [4.78, 5) is 0. The predicted octanol–water partition coefficient (Wildman–Crippen LogP) is 7.53. The molecule has 0 aliphatic heterocycles. The molecule has 1 saturated carbocycles. The number of ether oxygens (including phenoxy) is 1. The summed E-state index contributed by atoms with van der Waals surface area (Å²) < 4.78 is 47.5. The predicted molar refractivity (Wildman–Crippen MR) is 108 cm³/mol. The average Bonchev–Trinajstić information content (AvgIpc) is 2.65. The van der Waals surface area contributed by atoms with Crippen LogP contribution >= 0.6 is 15.9 Å². The largest absolute Gasteiger partial charge is 0.490 e. The number of hydrogen-bond donors (Lipinski definition) is 0. The molecule has 0 atom stereocenters. The van der Waals surface area contributed by atoms with Gasteiger partial charge in [0.05, 0.1) is 6.10 Å². The van der Waals surface area contributed by atoms with E-state index in [2.05, 4.69) is 22.9 Å². The van der Waals surface area contributed by atoms with Crippen molar-refractivity contribution in [3.8, 4) is 5.75 Å². The van der Waals surface area contributed by atoms with E-state index >= 15 is 0 Å². The number of aryl methyl sites for hydroxylation is 1. The van der Waals surface area contributed by atoms with Crippen LogP contribution in [0.5, 0.6) is 5.75 Å². The van der Waals surface area contributed by atoms with Crippen LogP contribution in [0.3, 0.4) is 0 Å². The Morgan fingerprint density at radius 1 is 1.07 bits per heavy atom. The Bertz CT molecular complexity index is 764. The maximum atomic E-state index is 13.9. The molecule has 0 saturated heterocycles. The molecule has 2 aromatic rings. The first-order chi connectivity index (χ1) is 12.9. The Morgan fingerprint density at radius 2 is 1.81 bits per heavy atom. The molecular formula is C22H26BrF3O. The molecule has 0 unspecified atom stereocenters. The van der Waals surface area contributed by atoms with E-state index in [0.717, 1.165) is 55.8 Å². The van der Waals surface area contributed by atoms with E-state index in [1.165, 1.54) is 6.07 Å². The van der Waals surface area contributed by atoms with Crippen LogP contribution in [0.2, 0.25) is 0 Å². The molecule has 1 nitrogen and oxygen atoms in total. The monoisotopic (exact) mass is 442 g/mol. The first kappa shape index (κ1) is 20.5. The van der Waals surface area contributed by atoms with Crippen molar-refractivity contribution in [2.45, 2.75) is 64.1 Å². The van der Waals surface area contributed by atoms with Gasteiger partial charge in [-0.3, -0.25) is 0 Å². The minimum atomic E-state index is -4.44. The highest BCUT2D eigenvalue weighted by Crippen LogP contribution is 2.43. The SMILES string of the molecule is CC[C@H]1CC[C@@H](Oc2ccc3cc(CCCBr)ccc3c2C(F)(F)F)CC1. The zero-order valence-corrected chi connectivity index (χ0v) is 17.2. The third-order valence-corrected chi connectivity index (χ3v) is 6.15. The maximum Gasteiger partial charge on any atom is 0.420 e. The molecule has 0 heterocycles. The molecule has 27 heavy (non-hydrogen) atoms. The van der Waals surface area contributed by atoms with Gasteiger partial charge >= 0.3 is 6.18 Å². The van der Waals surface area contributed by atoms with Gasteiger partial charge in [-0.1, -0.05) is 53.5 Å². The van der Waals surface area contributed by atoms with Gasteiger partial charge in [0.1, 0.15) is 11.3 Å². The van der Waals surface area contributed by atoms with E-state index in [0.29, 0.717) is 11.3 Å². The highest BCUT2D eigenvalue weighted by molar-refractivity contribution is 9.09. The summed E-state index contributed by atoms with van der Waals surface area (Å²) in [7, 11) is 0. The molecular weight excluding hydrogens is 417 g/mol. The number of benzene rings is 2. The van der Waals surface area contributed by atoms with Crippen molar-refractivity contribution < 1.29 is 17.9 Å². The van der Waals surface area contributed by atoms with Crippen LogP contribution in [0.15, 0.2) is 30.3 Å². The summed E-state index contributed by atoms with van der Waals surface area (Å²) in [6.07, 6.45) is 2.12. The van der Waals surface area contributed by atoms with Gasteiger partial charge in [-0.15, -0.1) is 0 Å². The van der Waals surface area contributed by atoms with E-state index < -0.39 is 11.7 Å². The molecule has 0 amide bonds. The Balaban J connectivity index is 1.90. The highest BCUT2D eigenvalue weighted by atomic mass is 79.9. The van der Waals surface area contributed by atoms with Crippen LogP contribution in [-0.4, -0.2) is 11.4 Å². The smallest absolute Gasteiger partial charge is 0.420 e. The minimum absolute atomic E-state index is 0.0249. The summed E-state index contributed by atoms with van der Waals surface area (Å²) >= 11 is 3.39. The van der Waals surface area contributed by atoms with Gasteiger partial charge in [-0.2, -0.15) is 13.2 Å². The lowest BCUT2D eigenvalue weighted by Gasteiger charge is -2.29. The lowest BCUT2D eigenvalue weighted by atomic mass is 9.86. The lowest BCUT2D eigenvalue weighted by Crippen LogP contribution is -2.25. The van der Waals surface area contributed by atoms with Gasteiger partial charge in [-0.25, -0.2) is 0 Å². The van der Waals surface area contributed by atoms with Crippen LogP contribution in [0.25, 0.3) is 10.8 Å². The molecule has 5 heteroatoms. The Morgan fingerprint density at radius 3 is 2.44 bits per heavy atom. The van der Waals surface area contributed by atoms with Crippen molar-refractivity contribution in [3.05, 3.63) is 41.5 Å². The molecule has 0 N–H and O–H groups in total. The quantitative estimate of drug-likeness (QED) is 0.419. The normalized spacial score (nSPS) is 20.8. The molecule has 3 rings (SSSR count). The lowest BCUT2D eigenvalue weighted by molar-refractivity contribution is -0.138. The number of halogens is 4. The van der Waals surface area contributed by atoms with E-state index in [1.54, 1.807) is 18.2 Å². The van der Waals surface area contributed by atoms with Crippen molar-refractivity contribution in [3.63, 3.8) is 0 Å². The second-order valence-corrected chi connectivity index (χ2v) is 8.25. The number of fused-ring (bicyclic) bond motifs is 1. The van der Waals surface area contributed by atoms with Gasteiger partial charge in [0.25, 0.3) is 0 Å². The molecule has 0 radical (unpaired) electrons.